The zero-order valence-electron chi connectivity index (χ0n) is 24.3. The van der Waals surface area contributed by atoms with Gasteiger partial charge in [-0.1, -0.05) is 45.2 Å². The Hall–Kier alpha value is -3.08. The summed E-state index contributed by atoms with van der Waals surface area (Å²) in [6.07, 6.45) is 3.56. The summed E-state index contributed by atoms with van der Waals surface area (Å²) in [5.41, 5.74) is 2.04. The number of halogens is 3. The van der Waals surface area contributed by atoms with Crippen molar-refractivity contribution in [2.24, 2.45) is 5.92 Å². The Morgan fingerprint density at radius 1 is 0.977 bits per heavy atom. The van der Waals surface area contributed by atoms with Gasteiger partial charge in [0, 0.05) is 68.7 Å². The standard InChI is InChI=1S/C31H34BrCl2N5O4/c1-19(40)37-13-10-20(11-14-37)30(41)38-15-12-28(24(17-38)21-4-9-26(33)27(34)16-21)36(2)31(42)25-18-39(35-29(25)43-3)23-7-5-22(32)6-8-23/h4-9,16,18,20,24,28H,10-15,17H2,1-3H3/t24-,28+/m0/s1. The number of aromatic nitrogens is 2. The summed E-state index contributed by atoms with van der Waals surface area (Å²) >= 11 is 16.1. The highest BCUT2D eigenvalue weighted by molar-refractivity contribution is 9.10. The Morgan fingerprint density at radius 2 is 1.65 bits per heavy atom. The molecule has 2 fully saturated rings. The molecule has 0 aliphatic carbocycles. The molecular weight excluding hydrogens is 657 g/mol. The van der Waals surface area contributed by atoms with Gasteiger partial charge in [0.1, 0.15) is 5.56 Å². The van der Waals surface area contributed by atoms with Crippen molar-refractivity contribution < 1.29 is 19.1 Å². The molecule has 43 heavy (non-hydrogen) atoms. The molecule has 2 saturated heterocycles. The molecule has 0 saturated carbocycles. The van der Waals surface area contributed by atoms with Crippen molar-refractivity contribution in [1.82, 2.24) is 24.5 Å². The van der Waals surface area contributed by atoms with Crippen molar-refractivity contribution in [1.29, 1.82) is 0 Å². The van der Waals surface area contributed by atoms with Gasteiger partial charge in [-0.15, -0.1) is 5.10 Å². The zero-order chi connectivity index (χ0) is 30.8. The van der Waals surface area contributed by atoms with Crippen LogP contribution in [0.25, 0.3) is 5.69 Å². The number of amides is 3. The maximum absolute atomic E-state index is 14.0. The van der Waals surface area contributed by atoms with Crippen LogP contribution in [0.5, 0.6) is 5.88 Å². The molecule has 3 amide bonds. The highest BCUT2D eigenvalue weighted by Crippen LogP contribution is 2.36. The number of rotatable bonds is 6. The molecule has 2 aromatic carbocycles. The largest absolute Gasteiger partial charge is 0.479 e. The highest BCUT2D eigenvalue weighted by Gasteiger charge is 2.40. The van der Waals surface area contributed by atoms with E-state index in [9.17, 15) is 14.4 Å². The summed E-state index contributed by atoms with van der Waals surface area (Å²) in [6, 6.07) is 12.9. The number of piperidine rings is 2. The van der Waals surface area contributed by atoms with Crippen LogP contribution in [0, 0.1) is 5.92 Å². The molecule has 9 nitrogen and oxygen atoms in total. The van der Waals surface area contributed by atoms with Crippen LogP contribution in [0.2, 0.25) is 10.0 Å². The second-order valence-corrected chi connectivity index (χ2v) is 12.8. The second kappa shape index (κ2) is 13.3. The number of ether oxygens (including phenoxy) is 1. The van der Waals surface area contributed by atoms with Gasteiger partial charge in [-0.2, -0.15) is 0 Å². The van der Waals surface area contributed by atoms with Crippen molar-refractivity contribution in [2.75, 3.05) is 40.3 Å². The minimum absolute atomic E-state index is 0.0399. The lowest BCUT2D eigenvalue weighted by molar-refractivity contribution is -0.141. The molecule has 228 valence electrons. The Kier molecular flexibility index (Phi) is 9.68. The van der Waals surface area contributed by atoms with Gasteiger partial charge in [-0.3, -0.25) is 14.4 Å². The average molecular weight is 691 g/mol. The van der Waals surface area contributed by atoms with E-state index in [1.807, 2.05) is 41.3 Å². The third-order valence-electron chi connectivity index (χ3n) is 8.56. The monoisotopic (exact) mass is 689 g/mol. The molecule has 12 heteroatoms. The lowest BCUT2D eigenvalue weighted by atomic mass is 9.83. The normalized spacial score (nSPS) is 19.3. The summed E-state index contributed by atoms with van der Waals surface area (Å²) in [5, 5.41) is 5.36. The number of likely N-dealkylation sites (N-methyl/N-ethyl adjacent to an activating group) is 1. The highest BCUT2D eigenvalue weighted by atomic mass is 79.9. The molecule has 0 N–H and O–H groups in total. The van der Waals surface area contributed by atoms with Crippen molar-refractivity contribution in [3.8, 4) is 11.6 Å². The molecule has 2 aliphatic rings. The molecule has 5 rings (SSSR count). The lowest BCUT2D eigenvalue weighted by Crippen LogP contribution is -2.53. The summed E-state index contributed by atoms with van der Waals surface area (Å²) in [7, 11) is 3.28. The number of carbonyl (C=O) groups excluding carboxylic acids is 3. The van der Waals surface area contributed by atoms with E-state index in [1.54, 1.807) is 40.7 Å². The van der Waals surface area contributed by atoms with Crippen LogP contribution in [0.15, 0.2) is 53.1 Å². The number of benzene rings is 2. The van der Waals surface area contributed by atoms with E-state index in [2.05, 4.69) is 21.0 Å². The van der Waals surface area contributed by atoms with Gasteiger partial charge in [0.05, 0.1) is 22.8 Å². The number of hydrogen-bond acceptors (Lipinski definition) is 5. The first-order chi connectivity index (χ1) is 20.6. The second-order valence-electron chi connectivity index (χ2n) is 11.1. The molecule has 0 spiro atoms. The summed E-state index contributed by atoms with van der Waals surface area (Å²) < 4.78 is 8.07. The third kappa shape index (κ3) is 6.71. The third-order valence-corrected chi connectivity index (χ3v) is 9.83. The lowest BCUT2D eigenvalue weighted by Gasteiger charge is -2.44. The van der Waals surface area contributed by atoms with Gasteiger partial charge in [-0.05, 0) is 61.2 Å². The first-order valence-electron chi connectivity index (χ1n) is 14.2. The predicted octanol–water partition coefficient (Wildman–Crippen LogP) is 5.67. The fraction of sp³-hybridized carbons (Fsp3) is 0.419. The van der Waals surface area contributed by atoms with Gasteiger partial charge >= 0.3 is 0 Å². The minimum atomic E-state index is -0.230. The average Bonchev–Trinajstić information content (AvgIpc) is 3.46. The number of nitrogens with zero attached hydrogens (tertiary/aromatic N) is 5. The maximum atomic E-state index is 14.0. The van der Waals surface area contributed by atoms with E-state index in [-0.39, 0.29) is 41.5 Å². The van der Waals surface area contributed by atoms with Crippen LogP contribution in [0.4, 0.5) is 0 Å². The van der Waals surface area contributed by atoms with Gasteiger partial charge < -0.3 is 19.4 Å². The molecule has 3 heterocycles. The number of carbonyl (C=O) groups is 3. The SMILES string of the molecule is COc1nn(-c2ccc(Br)cc2)cc1C(=O)N(C)[C@@H]1CCN(C(=O)C2CCN(C(C)=O)CC2)C[C@H]1c1ccc(Cl)c(Cl)c1. The molecule has 0 bridgehead atoms. The van der Waals surface area contributed by atoms with E-state index >= 15 is 0 Å². The fourth-order valence-corrected chi connectivity index (χ4v) is 6.67. The summed E-state index contributed by atoms with van der Waals surface area (Å²) in [5.74, 6) is -0.195. The van der Waals surface area contributed by atoms with Gasteiger partial charge in [0.25, 0.3) is 5.91 Å². The van der Waals surface area contributed by atoms with Crippen molar-refractivity contribution >= 4 is 56.9 Å². The van der Waals surface area contributed by atoms with Crippen molar-refractivity contribution in [3.63, 3.8) is 0 Å². The Bertz CT molecular complexity index is 1510. The maximum Gasteiger partial charge on any atom is 0.261 e. The van der Waals surface area contributed by atoms with Crippen molar-refractivity contribution in [2.45, 2.75) is 38.1 Å². The molecule has 3 aromatic rings. The molecule has 1 aromatic heterocycles. The van der Waals surface area contributed by atoms with E-state index < -0.39 is 0 Å². The predicted molar refractivity (Wildman–Crippen MR) is 169 cm³/mol. The molecular formula is C31H34BrCl2N5O4. The van der Waals surface area contributed by atoms with E-state index in [1.165, 1.54) is 7.11 Å². The van der Waals surface area contributed by atoms with E-state index in [0.717, 1.165) is 15.7 Å². The summed E-state index contributed by atoms with van der Waals surface area (Å²) in [6.45, 7) is 3.69. The smallest absolute Gasteiger partial charge is 0.261 e. The number of likely N-dealkylation sites (tertiary alicyclic amines) is 2. The van der Waals surface area contributed by atoms with Gasteiger partial charge in [-0.25, -0.2) is 4.68 Å². The Morgan fingerprint density at radius 3 is 2.28 bits per heavy atom. The van der Waals surface area contributed by atoms with Crippen LogP contribution in [-0.4, -0.2) is 88.6 Å². The number of hydrogen-bond donors (Lipinski definition) is 0. The topological polar surface area (TPSA) is 88.0 Å². The van der Waals surface area contributed by atoms with Crippen LogP contribution < -0.4 is 4.74 Å². The first kappa shape index (κ1) is 31.3. The molecule has 0 unspecified atom stereocenters. The van der Waals surface area contributed by atoms with Crippen LogP contribution in [-0.2, 0) is 9.59 Å². The quantitative estimate of drug-likeness (QED) is 0.333. The minimum Gasteiger partial charge on any atom is -0.479 e. The fourth-order valence-electron chi connectivity index (χ4n) is 6.10. The molecule has 0 radical (unpaired) electrons. The van der Waals surface area contributed by atoms with Crippen LogP contribution in [0.1, 0.15) is 48.0 Å². The van der Waals surface area contributed by atoms with Crippen molar-refractivity contribution in [3.05, 3.63) is 74.3 Å². The van der Waals surface area contributed by atoms with E-state index in [0.29, 0.717) is 61.1 Å². The zero-order valence-corrected chi connectivity index (χ0v) is 27.4. The number of methoxy groups -OCH3 is 1. The van der Waals surface area contributed by atoms with Crippen LogP contribution in [0.3, 0.4) is 0 Å². The van der Waals surface area contributed by atoms with Crippen LogP contribution >= 0.6 is 39.1 Å². The van der Waals surface area contributed by atoms with Gasteiger partial charge in [0.15, 0.2) is 0 Å². The first-order valence-corrected chi connectivity index (χ1v) is 15.8. The Balaban J connectivity index is 1.39. The molecule has 2 atom stereocenters. The Labute approximate surface area is 269 Å². The summed E-state index contributed by atoms with van der Waals surface area (Å²) in [4.78, 5) is 44.9. The van der Waals surface area contributed by atoms with E-state index in [4.69, 9.17) is 27.9 Å². The molecule has 2 aliphatic heterocycles. The van der Waals surface area contributed by atoms with Gasteiger partial charge in [0.2, 0.25) is 17.7 Å².